The lowest BCUT2D eigenvalue weighted by Crippen LogP contribution is -2.51. The van der Waals surface area contributed by atoms with Gasteiger partial charge in [-0.1, -0.05) is 30.3 Å². The second kappa shape index (κ2) is 11.8. The predicted octanol–water partition coefficient (Wildman–Crippen LogP) is 0.994. The summed E-state index contributed by atoms with van der Waals surface area (Å²) in [6.45, 7) is 2.90. The number of carbonyl (C=O) groups is 2. The van der Waals surface area contributed by atoms with E-state index in [1.165, 1.54) is 0 Å². The van der Waals surface area contributed by atoms with Crippen molar-refractivity contribution in [3.63, 3.8) is 0 Å². The standard InChI is InChI=1S/C18H27N3O3.ClH/c1-24-12-9-19-14-17(22)20-16(13-15-7-3-2-4-8-15)18(23)21-10-5-6-11-21;/h2-4,7-8,16,19H,5-6,9-14H2,1H3,(H,20,22);1H. The Morgan fingerprint density at radius 2 is 1.88 bits per heavy atom. The molecule has 1 aliphatic rings. The number of hydrogen-bond donors (Lipinski definition) is 2. The Morgan fingerprint density at radius 1 is 1.20 bits per heavy atom. The molecule has 1 atom stereocenters. The van der Waals surface area contributed by atoms with Gasteiger partial charge in [0.1, 0.15) is 6.04 Å². The van der Waals surface area contributed by atoms with Crippen molar-refractivity contribution < 1.29 is 14.3 Å². The number of halogens is 1. The van der Waals surface area contributed by atoms with Gasteiger partial charge in [0.25, 0.3) is 0 Å². The summed E-state index contributed by atoms with van der Waals surface area (Å²) in [5.74, 6) is -0.152. The van der Waals surface area contributed by atoms with Crippen LogP contribution in [0.5, 0.6) is 0 Å². The average Bonchev–Trinajstić information content (AvgIpc) is 3.13. The van der Waals surface area contributed by atoms with Gasteiger partial charge in [-0.3, -0.25) is 9.59 Å². The normalized spacial score (nSPS) is 14.7. The Morgan fingerprint density at radius 3 is 2.52 bits per heavy atom. The Labute approximate surface area is 155 Å². The van der Waals surface area contributed by atoms with Crippen LogP contribution in [0.15, 0.2) is 30.3 Å². The van der Waals surface area contributed by atoms with Crippen LogP contribution in [0.1, 0.15) is 18.4 Å². The van der Waals surface area contributed by atoms with Gasteiger partial charge in [-0.25, -0.2) is 0 Å². The molecule has 0 radical (unpaired) electrons. The molecule has 2 rings (SSSR count). The zero-order valence-corrected chi connectivity index (χ0v) is 15.5. The Bertz CT molecular complexity index is 522. The molecule has 0 aromatic heterocycles. The first-order valence-electron chi connectivity index (χ1n) is 8.52. The highest BCUT2D eigenvalue weighted by molar-refractivity contribution is 5.88. The number of nitrogens with one attached hydrogen (secondary N) is 2. The van der Waals surface area contributed by atoms with E-state index in [1.54, 1.807) is 7.11 Å². The van der Waals surface area contributed by atoms with Crippen LogP contribution in [0.4, 0.5) is 0 Å². The summed E-state index contributed by atoms with van der Waals surface area (Å²) in [7, 11) is 1.62. The van der Waals surface area contributed by atoms with E-state index in [4.69, 9.17) is 4.74 Å². The van der Waals surface area contributed by atoms with Crippen LogP contribution in [0, 0.1) is 0 Å². The van der Waals surface area contributed by atoms with Gasteiger partial charge >= 0.3 is 0 Å². The number of carbonyl (C=O) groups excluding carboxylic acids is 2. The maximum Gasteiger partial charge on any atom is 0.245 e. The van der Waals surface area contributed by atoms with Crippen LogP contribution < -0.4 is 10.6 Å². The first kappa shape index (κ1) is 21.4. The van der Waals surface area contributed by atoms with E-state index in [9.17, 15) is 9.59 Å². The fraction of sp³-hybridized carbons (Fsp3) is 0.556. The van der Waals surface area contributed by atoms with Crippen molar-refractivity contribution in [1.82, 2.24) is 15.5 Å². The quantitative estimate of drug-likeness (QED) is 0.637. The van der Waals surface area contributed by atoms with E-state index in [2.05, 4.69) is 10.6 Å². The van der Waals surface area contributed by atoms with Crippen molar-refractivity contribution in [1.29, 1.82) is 0 Å². The Kier molecular flexibility index (Phi) is 10.1. The minimum atomic E-state index is -0.512. The third kappa shape index (κ3) is 7.42. The van der Waals surface area contributed by atoms with Gasteiger partial charge in [0.15, 0.2) is 0 Å². The number of hydrogen-bond acceptors (Lipinski definition) is 4. The molecule has 2 amide bonds. The highest BCUT2D eigenvalue weighted by Crippen LogP contribution is 2.12. The van der Waals surface area contributed by atoms with Crippen molar-refractivity contribution in [3.05, 3.63) is 35.9 Å². The second-order valence-corrected chi connectivity index (χ2v) is 6.01. The van der Waals surface area contributed by atoms with E-state index in [0.717, 1.165) is 31.5 Å². The van der Waals surface area contributed by atoms with Gasteiger partial charge in [-0.2, -0.15) is 0 Å². The number of likely N-dealkylation sites (tertiary alicyclic amines) is 1. The van der Waals surface area contributed by atoms with Crippen molar-refractivity contribution in [3.8, 4) is 0 Å². The molecule has 1 saturated heterocycles. The number of rotatable bonds is 9. The summed E-state index contributed by atoms with van der Waals surface area (Å²) >= 11 is 0. The highest BCUT2D eigenvalue weighted by atomic mass is 35.5. The van der Waals surface area contributed by atoms with E-state index >= 15 is 0 Å². The van der Waals surface area contributed by atoms with Crippen LogP contribution in [-0.4, -0.2) is 62.7 Å². The van der Waals surface area contributed by atoms with Gasteiger partial charge < -0.3 is 20.3 Å². The molecular weight excluding hydrogens is 342 g/mol. The lowest BCUT2D eigenvalue weighted by atomic mass is 10.0. The van der Waals surface area contributed by atoms with E-state index in [0.29, 0.717) is 19.6 Å². The SMILES string of the molecule is COCCNCC(=O)NC(Cc1ccccc1)C(=O)N1CCCC1.Cl. The van der Waals surface area contributed by atoms with E-state index in [-0.39, 0.29) is 30.8 Å². The van der Waals surface area contributed by atoms with Crippen LogP contribution in [0.25, 0.3) is 0 Å². The monoisotopic (exact) mass is 369 g/mol. The van der Waals surface area contributed by atoms with Gasteiger partial charge in [-0.15, -0.1) is 12.4 Å². The maximum atomic E-state index is 12.7. The topological polar surface area (TPSA) is 70.7 Å². The first-order valence-corrected chi connectivity index (χ1v) is 8.52. The molecule has 1 aliphatic heterocycles. The van der Waals surface area contributed by atoms with Crippen LogP contribution in [0.2, 0.25) is 0 Å². The van der Waals surface area contributed by atoms with E-state index in [1.807, 2.05) is 35.2 Å². The molecule has 1 unspecified atom stereocenters. The summed E-state index contributed by atoms with van der Waals surface area (Å²) in [5, 5.41) is 5.89. The van der Waals surface area contributed by atoms with Gasteiger partial charge in [-0.05, 0) is 18.4 Å². The molecule has 0 aliphatic carbocycles. The fourth-order valence-corrected chi connectivity index (χ4v) is 2.83. The zero-order valence-electron chi connectivity index (χ0n) is 14.7. The smallest absolute Gasteiger partial charge is 0.245 e. The zero-order chi connectivity index (χ0) is 17.2. The molecule has 2 N–H and O–H groups in total. The molecule has 0 bridgehead atoms. The predicted molar refractivity (Wildman–Crippen MR) is 99.9 cm³/mol. The maximum absolute atomic E-state index is 12.7. The van der Waals surface area contributed by atoms with Crippen LogP contribution in [-0.2, 0) is 20.7 Å². The van der Waals surface area contributed by atoms with Crippen molar-refractivity contribution in [2.24, 2.45) is 0 Å². The molecule has 6 nitrogen and oxygen atoms in total. The molecule has 1 fully saturated rings. The highest BCUT2D eigenvalue weighted by Gasteiger charge is 2.27. The molecule has 0 saturated carbocycles. The summed E-state index contributed by atoms with van der Waals surface area (Å²) in [5.41, 5.74) is 1.04. The van der Waals surface area contributed by atoms with Crippen LogP contribution >= 0.6 is 12.4 Å². The van der Waals surface area contributed by atoms with Crippen molar-refractivity contribution in [2.75, 3.05) is 39.9 Å². The third-order valence-electron chi connectivity index (χ3n) is 4.10. The number of amides is 2. The first-order chi connectivity index (χ1) is 11.7. The third-order valence-corrected chi connectivity index (χ3v) is 4.10. The molecule has 140 valence electrons. The van der Waals surface area contributed by atoms with Crippen molar-refractivity contribution in [2.45, 2.75) is 25.3 Å². The Hall–Kier alpha value is -1.63. The molecule has 1 aromatic rings. The Balaban J connectivity index is 0.00000312. The average molecular weight is 370 g/mol. The summed E-state index contributed by atoms with van der Waals surface area (Å²) in [6, 6.07) is 9.28. The lowest BCUT2D eigenvalue weighted by Gasteiger charge is -2.24. The summed E-state index contributed by atoms with van der Waals surface area (Å²) < 4.78 is 4.93. The molecule has 0 spiro atoms. The molecule has 1 aromatic carbocycles. The van der Waals surface area contributed by atoms with E-state index < -0.39 is 6.04 Å². The lowest BCUT2D eigenvalue weighted by molar-refractivity contribution is -0.135. The minimum absolute atomic E-state index is 0. The number of ether oxygens (including phenoxy) is 1. The van der Waals surface area contributed by atoms with Crippen molar-refractivity contribution >= 4 is 24.2 Å². The molecule has 1 heterocycles. The second-order valence-electron chi connectivity index (χ2n) is 6.01. The fourth-order valence-electron chi connectivity index (χ4n) is 2.83. The summed E-state index contributed by atoms with van der Waals surface area (Å²) in [4.78, 5) is 26.7. The number of nitrogens with zero attached hydrogens (tertiary/aromatic N) is 1. The van der Waals surface area contributed by atoms with Gasteiger partial charge in [0.05, 0.1) is 13.2 Å². The summed E-state index contributed by atoms with van der Waals surface area (Å²) in [6.07, 6.45) is 2.59. The van der Waals surface area contributed by atoms with Gasteiger partial charge in [0.2, 0.25) is 11.8 Å². The van der Waals surface area contributed by atoms with Gasteiger partial charge in [0, 0.05) is 33.2 Å². The molecular formula is C18H28ClN3O3. The number of benzene rings is 1. The number of methoxy groups -OCH3 is 1. The van der Waals surface area contributed by atoms with Crippen LogP contribution in [0.3, 0.4) is 0 Å². The molecule has 7 heteroatoms. The molecule has 25 heavy (non-hydrogen) atoms. The minimum Gasteiger partial charge on any atom is -0.383 e. The largest absolute Gasteiger partial charge is 0.383 e.